The van der Waals surface area contributed by atoms with Gasteiger partial charge in [0.15, 0.2) is 0 Å². The highest BCUT2D eigenvalue weighted by Gasteiger charge is 2.23. The van der Waals surface area contributed by atoms with Gasteiger partial charge in [-0.2, -0.15) is 0 Å². The smallest absolute Gasteiger partial charge is 0.124 e. The van der Waals surface area contributed by atoms with Crippen LogP contribution in [0.25, 0.3) is 0 Å². The molecule has 0 bridgehead atoms. The molecule has 1 aromatic rings. The first-order valence-corrected chi connectivity index (χ1v) is 7.44. The summed E-state index contributed by atoms with van der Waals surface area (Å²) in [6, 6.07) is 4.97. The molecule has 0 fully saturated rings. The quantitative estimate of drug-likeness (QED) is 0.728. The van der Waals surface area contributed by atoms with E-state index in [1.807, 2.05) is 6.07 Å². The lowest BCUT2D eigenvalue weighted by molar-refractivity contribution is 0.290. The highest BCUT2D eigenvalue weighted by Crippen LogP contribution is 2.29. The fourth-order valence-electron chi connectivity index (χ4n) is 2.00. The Kier molecular flexibility index (Phi) is 6.30. The number of halogens is 2. The topological polar surface area (TPSA) is 12.0 Å². The third-order valence-corrected chi connectivity index (χ3v) is 4.20. The van der Waals surface area contributed by atoms with Gasteiger partial charge in [-0.25, -0.2) is 4.39 Å². The summed E-state index contributed by atoms with van der Waals surface area (Å²) in [7, 11) is 0. The van der Waals surface area contributed by atoms with Gasteiger partial charge in [-0.1, -0.05) is 42.8 Å². The summed E-state index contributed by atoms with van der Waals surface area (Å²) in [5, 5.41) is 3.49. The lowest BCUT2D eigenvalue weighted by Gasteiger charge is -2.29. The van der Waals surface area contributed by atoms with Crippen LogP contribution in [0.3, 0.4) is 0 Å². The first-order valence-electron chi connectivity index (χ1n) is 6.65. The summed E-state index contributed by atoms with van der Waals surface area (Å²) < 4.78 is 13.9. The zero-order valence-corrected chi connectivity index (χ0v) is 13.1. The summed E-state index contributed by atoms with van der Waals surface area (Å²) in [6.07, 6.45) is 3.22. The summed E-state index contributed by atoms with van der Waals surface area (Å²) >= 11 is 3.45. The number of nitrogens with one attached hydrogen (secondary N) is 1. The predicted octanol–water partition coefficient (Wildman–Crippen LogP) is 4.55. The van der Waals surface area contributed by atoms with Crippen LogP contribution in [0, 0.1) is 11.2 Å². The van der Waals surface area contributed by atoms with Crippen LogP contribution in [0.1, 0.15) is 39.2 Å². The lowest BCUT2D eigenvalue weighted by Crippen LogP contribution is -2.33. The highest BCUT2D eigenvalue weighted by molar-refractivity contribution is 9.10. The predicted molar refractivity (Wildman–Crippen MR) is 79.4 cm³/mol. The normalized spacial score (nSPS) is 14.5. The SMILES string of the molecule is CCCNCC(C)(CC)Cc1ccc(F)cc1Br. The van der Waals surface area contributed by atoms with Crippen molar-refractivity contribution >= 4 is 15.9 Å². The van der Waals surface area contributed by atoms with E-state index >= 15 is 0 Å². The van der Waals surface area contributed by atoms with Gasteiger partial charge in [-0.05, 0) is 48.9 Å². The van der Waals surface area contributed by atoms with Gasteiger partial charge in [-0.3, -0.25) is 0 Å². The van der Waals surface area contributed by atoms with Crippen molar-refractivity contribution in [3.05, 3.63) is 34.1 Å². The monoisotopic (exact) mass is 315 g/mol. The average Bonchev–Trinajstić information content (AvgIpc) is 2.33. The summed E-state index contributed by atoms with van der Waals surface area (Å²) in [6.45, 7) is 8.73. The molecule has 0 aromatic heterocycles. The molecule has 0 heterocycles. The molecule has 102 valence electrons. The Morgan fingerprint density at radius 3 is 2.61 bits per heavy atom. The van der Waals surface area contributed by atoms with Crippen molar-refractivity contribution in [2.24, 2.45) is 5.41 Å². The Balaban J connectivity index is 2.71. The minimum Gasteiger partial charge on any atom is -0.316 e. The Bertz CT molecular complexity index is 381. The number of hydrogen-bond acceptors (Lipinski definition) is 1. The summed E-state index contributed by atoms with van der Waals surface area (Å²) in [5.74, 6) is -0.187. The maximum absolute atomic E-state index is 13.1. The van der Waals surface area contributed by atoms with E-state index in [0.717, 1.165) is 36.8 Å². The van der Waals surface area contributed by atoms with E-state index < -0.39 is 0 Å². The number of hydrogen-bond donors (Lipinski definition) is 1. The number of benzene rings is 1. The molecule has 0 amide bonds. The molecule has 1 atom stereocenters. The zero-order valence-electron chi connectivity index (χ0n) is 11.5. The second-order valence-electron chi connectivity index (χ2n) is 5.25. The summed E-state index contributed by atoms with van der Waals surface area (Å²) in [4.78, 5) is 0. The molecular formula is C15H23BrFN. The van der Waals surface area contributed by atoms with Crippen LogP contribution < -0.4 is 5.32 Å². The number of rotatable bonds is 7. The molecule has 0 aliphatic carbocycles. The highest BCUT2D eigenvalue weighted by atomic mass is 79.9. The van der Waals surface area contributed by atoms with Crippen molar-refractivity contribution in [2.45, 2.75) is 40.0 Å². The lowest BCUT2D eigenvalue weighted by atomic mass is 9.81. The molecule has 0 aliphatic rings. The van der Waals surface area contributed by atoms with Gasteiger partial charge in [0.1, 0.15) is 5.82 Å². The van der Waals surface area contributed by atoms with Gasteiger partial charge >= 0.3 is 0 Å². The first kappa shape index (κ1) is 15.6. The molecular weight excluding hydrogens is 293 g/mol. The Morgan fingerprint density at radius 2 is 2.06 bits per heavy atom. The minimum atomic E-state index is -0.187. The van der Waals surface area contributed by atoms with Gasteiger partial charge in [0.05, 0.1) is 0 Å². The molecule has 1 rings (SSSR count). The fraction of sp³-hybridized carbons (Fsp3) is 0.600. The molecule has 0 radical (unpaired) electrons. The maximum Gasteiger partial charge on any atom is 0.124 e. The van der Waals surface area contributed by atoms with Crippen LogP contribution >= 0.6 is 15.9 Å². The molecule has 1 nitrogen and oxygen atoms in total. The van der Waals surface area contributed by atoms with Crippen LogP contribution in [0.5, 0.6) is 0 Å². The zero-order chi connectivity index (χ0) is 13.6. The molecule has 18 heavy (non-hydrogen) atoms. The van der Waals surface area contributed by atoms with Gasteiger partial charge < -0.3 is 5.32 Å². The van der Waals surface area contributed by atoms with Gasteiger partial charge in [0.2, 0.25) is 0 Å². The van der Waals surface area contributed by atoms with Gasteiger partial charge in [0.25, 0.3) is 0 Å². The average molecular weight is 316 g/mol. The fourth-order valence-corrected chi connectivity index (χ4v) is 2.50. The Morgan fingerprint density at radius 1 is 1.33 bits per heavy atom. The standard InChI is InChI=1S/C15H23BrFN/c1-4-8-18-11-15(3,5-2)10-12-6-7-13(17)9-14(12)16/h6-7,9,18H,4-5,8,10-11H2,1-3H3. The third-order valence-electron chi connectivity index (χ3n) is 3.46. The molecule has 1 unspecified atom stereocenters. The van der Waals surface area contributed by atoms with Crippen LogP contribution in [-0.2, 0) is 6.42 Å². The van der Waals surface area contributed by atoms with Crippen molar-refractivity contribution in [3.8, 4) is 0 Å². The second-order valence-corrected chi connectivity index (χ2v) is 6.11. The molecule has 1 aromatic carbocycles. The molecule has 0 spiro atoms. The summed E-state index contributed by atoms with van der Waals surface area (Å²) in [5.41, 5.74) is 1.40. The van der Waals surface area contributed by atoms with Crippen LogP contribution in [0.15, 0.2) is 22.7 Å². The van der Waals surface area contributed by atoms with E-state index in [2.05, 4.69) is 42.0 Å². The Labute approximate surface area is 118 Å². The Hall–Kier alpha value is -0.410. The molecule has 0 saturated carbocycles. The largest absolute Gasteiger partial charge is 0.316 e. The van der Waals surface area contributed by atoms with Gasteiger partial charge in [-0.15, -0.1) is 0 Å². The van der Waals surface area contributed by atoms with E-state index in [-0.39, 0.29) is 11.2 Å². The van der Waals surface area contributed by atoms with Crippen molar-refractivity contribution in [1.29, 1.82) is 0 Å². The minimum absolute atomic E-state index is 0.187. The second kappa shape index (κ2) is 7.25. The van der Waals surface area contributed by atoms with Gasteiger partial charge in [0, 0.05) is 11.0 Å². The maximum atomic E-state index is 13.1. The van der Waals surface area contributed by atoms with Crippen LogP contribution in [0.4, 0.5) is 4.39 Å². The molecule has 3 heteroatoms. The van der Waals surface area contributed by atoms with Crippen molar-refractivity contribution in [2.75, 3.05) is 13.1 Å². The van der Waals surface area contributed by atoms with E-state index in [0.29, 0.717) is 0 Å². The van der Waals surface area contributed by atoms with E-state index in [4.69, 9.17) is 0 Å². The van der Waals surface area contributed by atoms with Crippen molar-refractivity contribution in [3.63, 3.8) is 0 Å². The van der Waals surface area contributed by atoms with Crippen molar-refractivity contribution < 1.29 is 4.39 Å². The molecule has 0 aliphatic heterocycles. The molecule has 1 N–H and O–H groups in total. The van der Waals surface area contributed by atoms with E-state index in [1.165, 1.54) is 11.6 Å². The third kappa shape index (κ3) is 4.69. The van der Waals surface area contributed by atoms with Crippen LogP contribution in [0.2, 0.25) is 0 Å². The van der Waals surface area contributed by atoms with E-state index in [1.54, 1.807) is 6.07 Å². The van der Waals surface area contributed by atoms with E-state index in [9.17, 15) is 4.39 Å². The van der Waals surface area contributed by atoms with Crippen LogP contribution in [-0.4, -0.2) is 13.1 Å². The van der Waals surface area contributed by atoms with Crippen molar-refractivity contribution in [1.82, 2.24) is 5.32 Å². The molecule has 0 saturated heterocycles. The first-order chi connectivity index (χ1) is 8.50.